The number of ether oxygens (including phenoxy) is 1. The predicted molar refractivity (Wildman–Crippen MR) is 96.6 cm³/mol. The van der Waals surface area contributed by atoms with Crippen LogP contribution in [0.15, 0.2) is 53.4 Å². The first-order valence-electron chi connectivity index (χ1n) is 7.88. The number of carbonyl (C=O) groups is 1. The van der Waals surface area contributed by atoms with Gasteiger partial charge in [-0.3, -0.25) is 4.79 Å². The molecule has 8 heteroatoms. The second kappa shape index (κ2) is 8.62. The quantitative estimate of drug-likeness (QED) is 0.723. The summed E-state index contributed by atoms with van der Waals surface area (Å²) < 4.78 is 46.0. The Balaban J connectivity index is 2.13. The maximum absolute atomic E-state index is 13.6. The highest BCUT2D eigenvalue weighted by atomic mass is 35.5. The zero-order valence-corrected chi connectivity index (χ0v) is 15.9. The standard InChI is InChI=1S/C18H19ClFNO4S/c1-12(2)17(18(22)25-11-13-6-3-4-9-16(13)20)21-26(23,24)15-8-5-7-14(19)10-15/h3-10,12,17,21H,11H2,1-2H3/t17-/m0/s1. The van der Waals surface area contributed by atoms with Crippen LogP contribution >= 0.6 is 11.6 Å². The second-order valence-electron chi connectivity index (χ2n) is 6.00. The Labute approximate surface area is 157 Å². The summed E-state index contributed by atoms with van der Waals surface area (Å²) in [4.78, 5) is 12.3. The Hall–Kier alpha value is -1.96. The minimum atomic E-state index is -3.97. The molecule has 0 fully saturated rings. The molecule has 0 aliphatic carbocycles. The lowest BCUT2D eigenvalue weighted by Gasteiger charge is -2.21. The van der Waals surface area contributed by atoms with Crippen molar-refractivity contribution in [1.29, 1.82) is 0 Å². The van der Waals surface area contributed by atoms with Crippen LogP contribution in [0.3, 0.4) is 0 Å². The van der Waals surface area contributed by atoms with Gasteiger partial charge in [-0.05, 0) is 30.2 Å². The minimum absolute atomic E-state index is 0.0578. The molecule has 0 saturated carbocycles. The molecule has 2 rings (SSSR count). The summed E-state index contributed by atoms with van der Waals surface area (Å²) in [5.74, 6) is -1.66. The molecule has 140 valence electrons. The normalized spacial score (nSPS) is 12.8. The SMILES string of the molecule is CC(C)[C@H](NS(=O)(=O)c1cccc(Cl)c1)C(=O)OCc1ccccc1F. The largest absolute Gasteiger partial charge is 0.460 e. The fourth-order valence-corrected chi connectivity index (χ4v) is 3.81. The van der Waals surface area contributed by atoms with Crippen LogP contribution in [0.4, 0.5) is 4.39 Å². The van der Waals surface area contributed by atoms with Crippen molar-refractivity contribution in [3.05, 3.63) is 64.9 Å². The van der Waals surface area contributed by atoms with Crippen LogP contribution in [0.2, 0.25) is 5.02 Å². The summed E-state index contributed by atoms with van der Waals surface area (Å²) in [6, 6.07) is 10.5. The molecule has 2 aromatic carbocycles. The van der Waals surface area contributed by atoms with E-state index in [1.807, 2.05) is 0 Å². The lowest BCUT2D eigenvalue weighted by atomic mass is 10.1. The second-order valence-corrected chi connectivity index (χ2v) is 8.15. The van der Waals surface area contributed by atoms with Gasteiger partial charge in [0, 0.05) is 10.6 Å². The van der Waals surface area contributed by atoms with Gasteiger partial charge < -0.3 is 4.74 Å². The molecule has 0 heterocycles. The lowest BCUT2D eigenvalue weighted by Crippen LogP contribution is -2.45. The van der Waals surface area contributed by atoms with E-state index in [1.165, 1.54) is 36.4 Å². The summed E-state index contributed by atoms with van der Waals surface area (Å²) in [5.41, 5.74) is 0.209. The van der Waals surface area contributed by atoms with E-state index < -0.39 is 27.9 Å². The average molecular weight is 400 g/mol. The van der Waals surface area contributed by atoms with E-state index in [1.54, 1.807) is 26.0 Å². The predicted octanol–water partition coefficient (Wildman–Crippen LogP) is 3.53. The van der Waals surface area contributed by atoms with E-state index in [2.05, 4.69) is 4.72 Å². The molecule has 1 N–H and O–H groups in total. The summed E-state index contributed by atoms with van der Waals surface area (Å²) in [7, 11) is -3.97. The molecule has 0 radical (unpaired) electrons. The van der Waals surface area contributed by atoms with Gasteiger partial charge in [-0.15, -0.1) is 0 Å². The van der Waals surface area contributed by atoms with Crippen molar-refractivity contribution in [1.82, 2.24) is 4.72 Å². The highest BCUT2D eigenvalue weighted by molar-refractivity contribution is 7.89. The number of nitrogens with one attached hydrogen (secondary N) is 1. The van der Waals surface area contributed by atoms with Crippen LogP contribution in [0.5, 0.6) is 0 Å². The van der Waals surface area contributed by atoms with Crippen molar-refractivity contribution in [3.63, 3.8) is 0 Å². The number of hydrogen-bond donors (Lipinski definition) is 1. The molecule has 0 bridgehead atoms. The summed E-state index contributed by atoms with van der Waals surface area (Å²) in [5, 5.41) is 0.260. The van der Waals surface area contributed by atoms with Gasteiger partial charge >= 0.3 is 5.97 Å². The first-order valence-corrected chi connectivity index (χ1v) is 9.75. The topological polar surface area (TPSA) is 72.5 Å². The van der Waals surface area contributed by atoms with Gasteiger partial charge in [-0.25, -0.2) is 12.8 Å². The molecule has 26 heavy (non-hydrogen) atoms. The van der Waals surface area contributed by atoms with Gasteiger partial charge in [0.2, 0.25) is 10.0 Å². The van der Waals surface area contributed by atoms with Gasteiger partial charge in [0.1, 0.15) is 18.5 Å². The molecule has 0 aliphatic rings. The van der Waals surface area contributed by atoms with Crippen molar-refractivity contribution >= 4 is 27.6 Å². The van der Waals surface area contributed by atoms with E-state index in [-0.39, 0.29) is 28.0 Å². The third kappa shape index (κ3) is 5.27. The average Bonchev–Trinajstić information content (AvgIpc) is 2.58. The molecule has 0 aliphatic heterocycles. The molecule has 5 nitrogen and oxygen atoms in total. The summed E-state index contributed by atoms with van der Waals surface area (Å²) in [6.45, 7) is 3.07. The third-order valence-corrected chi connectivity index (χ3v) is 5.31. The van der Waals surface area contributed by atoms with Gasteiger partial charge in [0.05, 0.1) is 4.90 Å². The zero-order chi connectivity index (χ0) is 19.3. The number of rotatable bonds is 7. The molecule has 0 unspecified atom stereocenters. The van der Waals surface area contributed by atoms with Gasteiger partial charge in [0.25, 0.3) is 0 Å². The monoisotopic (exact) mass is 399 g/mol. The van der Waals surface area contributed by atoms with Crippen LogP contribution in [-0.4, -0.2) is 20.4 Å². The Morgan fingerprint density at radius 1 is 1.19 bits per heavy atom. The van der Waals surface area contributed by atoms with E-state index in [9.17, 15) is 17.6 Å². The van der Waals surface area contributed by atoms with Crippen LogP contribution in [0, 0.1) is 11.7 Å². The number of sulfonamides is 1. The van der Waals surface area contributed by atoms with E-state index in [0.717, 1.165) is 0 Å². The smallest absolute Gasteiger partial charge is 0.324 e. The molecule has 0 spiro atoms. The summed E-state index contributed by atoms with van der Waals surface area (Å²) in [6.07, 6.45) is 0. The maximum atomic E-state index is 13.6. The third-order valence-electron chi connectivity index (χ3n) is 3.64. The maximum Gasteiger partial charge on any atom is 0.324 e. The fourth-order valence-electron chi connectivity index (χ4n) is 2.18. The van der Waals surface area contributed by atoms with Crippen molar-refractivity contribution in [2.75, 3.05) is 0 Å². The molecule has 0 aromatic heterocycles. The van der Waals surface area contributed by atoms with E-state index in [4.69, 9.17) is 16.3 Å². The number of esters is 1. The Bertz CT molecular complexity index is 886. The molecular formula is C18H19ClFNO4S. The minimum Gasteiger partial charge on any atom is -0.460 e. The Morgan fingerprint density at radius 3 is 2.50 bits per heavy atom. The summed E-state index contributed by atoms with van der Waals surface area (Å²) >= 11 is 5.83. The van der Waals surface area contributed by atoms with Crippen LogP contribution in [-0.2, 0) is 26.2 Å². The van der Waals surface area contributed by atoms with Crippen molar-refractivity contribution in [2.24, 2.45) is 5.92 Å². The van der Waals surface area contributed by atoms with Crippen molar-refractivity contribution in [2.45, 2.75) is 31.4 Å². The molecular weight excluding hydrogens is 381 g/mol. The van der Waals surface area contributed by atoms with Gasteiger partial charge in [-0.1, -0.05) is 49.7 Å². The highest BCUT2D eigenvalue weighted by Crippen LogP contribution is 2.17. The Kier molecular flexibility index (Phi) is 6.75. The van der Waals surface area contributed by atoms with Gasteiger partial charge in [0.15, 0.2) is 0 Å². The number of hydrogen-bond acceptors (Lipinski definition) is 4. The van der Waals surface area contributed by atoms with Crippen molar-refractivity contribution < 1.29 is 22.3 Å². The molecule has 2 aromatic rings. The number of benzene rings is 2. The lowest BCUT2D eigenvalue weighted by molar-refractivity contribution is -0.148. The van der Waals surface area contributed by atoms with Gasteiger partial charge in [-0.2, -0.15) is 4.72 Å². The zero-order valence-electron chi connectivity index (χ0n) is 14.3. The van der Waals surface area contributed by atoms with E-state index in [0.29, 0.717) is 0 Å². The number of carbonyl (C=O) groups excluding carboxylic acids is 1. The highest BCUT2D eigenvalue weighted by Gasteiger charge is 2.30. The Morgan fingerprint density at radius 2 is 1.88 bits per heavy atom. The van der Waals surface area contributed by atoms with Crippen LogP contribution < -0.4 is 4.72 Å². The first-order chi connectivity index (χ1) is 12.2. The molecule has 0 amide bonds. The first kappa shape index (κ1) is 20.4. The van der Waals surface area contributed by atoms with E-state index >= 15 is 0 Å². The molecule has 1 atom stereocenters. The molecule has 0 saturated heterocycles. The van der Waals surface area contributed by atoms with Crippen LogP contribution in [0.1, 0.15) is 19.4 Å². The number of halogens is 2. The van der Waals surface area contributed by atoms with Crippen LogP contribution in [0.25, 0.3) is 0 Å². The fraction of sp³-hybridized carbons (Fsp3) is 0.278. The van der Waals surface area contributed by atoms with Crippen molar-refractivity contribution in [3.8, 4) is 0 Å².